The molecule has 3 amide bonds. The zero-order valence-corrected chi connectivity index (χ0v) is 27.7. The summed E-state index contributed by atoms with van der Waals surface area (Å²) in [6.45, 7) is 17.6. The van der Waals surface area contributed by atoms with Gasteiger partial charge in [-0.15, -0.1) is 0 Å². The third-order valence-electron chi connectivity index (χ3n) is 8.74. The van der Waals surface area contributed by atoms with E-state index in [1.165, 1.54) is 0 Å². The van der Waals surface area contributed by atoms with E-state index >= 15 is 0 Å². The van der Waals surface area contributed by atoms with Crippen molar-refractivity contribution >= 4 is 35.0 Å². The highest BCUT2D eigenvalue weighted by atomic mass is 35.5. The second-order valence-electron chi connectivity index (χ2n) is 12.8. The number of likely N-dealkylation sites (tertiary alicyclic amines) is 1. The van der Waals surface area contributed by atoms with Gasteiger partial charge < -0.3 is 20.0 Å². The van der Waals surface area contributed by atoms with Crippen LogP contribution in [0.15, 0.2) is 35.9 Å². The molecule has 2 heterocycles. The predicted molar refractivity (Wildman–Crippen MR) is 172 cm³/mol. The van der Waals surface area contributed by atoms with Crippen LogP contribution in [0.3, 0.4) is 0 Å². The molecule has 1 aromatic rings. The Hall–Kier alpha value is -2.58. The van der Waals surface area contributed by atoms with Crippen molar-refractivity contribution in [1.82, 2.24) is 20.0 Å². The summed E-state index contributed by atoms with van der Waals surface area (Å²) in [5.41, 5.74) is 1.62. The first-order chi connectivity index (χ1) is 19.8. The highest BCUT2D eigenvalue weighted by Crippen LogP contribution is 2.27. The average molecular weight is 602 g/mol. The number of rotatable bonds is 10. The van der Waals surface area contributed by atoms with Crippen molar-refractivity contribution in [2.45, 2.75) is 91.9 Å². The molecule has 0 saturated carbocycles. The molecule has 42 heavy (non-hydrogen) atoms. The maximum atomic E-state index is 13.9. The highest BCUT2D eigenvalue weighted by Gasteiger charge is 2.36. The number of benzene rings is 1. The molecule has 0 aliphatic carbocycles. The van der Waals surface area contributed by atoms with Gasteiger partial charge in [0.1, 0.15) is 6.04 Å². The van der Waals surface area contributed by atoms with Crippen molar-refractivity contribution in [3.63, 3.8) is 0 Å². The summed E-state index contributed by atoms with van der Waals surface area (Å²) >= 11 is 6.39. The van der Waals surface area contributed by atoms with Crippen LogP contribution in [0, 0.1) is 11.8 Å². The second-order valence-corrected chi connectivity index (χ2v) is 13.2. The van der Waals surface area contributed by atoms with Crippen molar-refractivity contribution in [2.75, 3.05) is 44.7 Å². The van der Waals surface area contributed by atoms with E-state index in [0.29, 0.717) is 36.8 Å². The first-order valence-corrected chi connectivity index (χ1v) is 16.0. The van der Waals surface area contributed by atoms with E-state index in [1.54, 1.807) is 11.9 Å². The van der Waals surface area contributed by atoms with Crippen LogP contribution < -0.4 is 10.2 Å². The molecular weight excluding hydrogens is 550 g/mol. The Bertz CT molecular complexity index is 1110. The standard InChI is InChI=1S/C33H52ClN5O3/c1-22(2)29(21-25(7)32(41)38-19-17-37(18-20-38)27-14-10-9-13-26(27)34)36(8)33(42)30(23(3)4)35-31(40)28-15-11-12-16-39(28)24(5)6/h9-10,13-14,21-24,28-30H,11-12,15-20H2,1-8H3,(H,35,40)/b25-21+/t28-,29?,30+/m1/s1. The lowest BCUT2D eigenvalue weighted by Crippen LogP contribution is -2.58. The largest absolute Gasteiger partial charge is 0.367 e. The Kier molecular flexibility index (Phi) is 12.3. The SMILES string of the molecule is C/C(=C\C(C(C)C)N(C)C(=O)[C@@H](NC(=O)[C@H]1CCCCN1C(C)C)C(C)C)C(=O)N1CCN(c2ccccc2Cl)CC1. The smallest absolute Gasteiger partial charge is 0.249 e. The van der Waals surface area contributed by atoms with Crippen molar-refractivity contribution < 1.29 is 14.4 Å². The van der Waals surface area contributed by atoms with E-state index < -0.39 is 6.04 Å². The number of hydrogen-bond donors (Lipinski definition) is 1. The molecule has 2 aliphatic heterocycles. The molecule has 2 aliphatic rings. The quantitative estimate of drug-likeness (QED) is 0.389. The Morgan fingerprint density at radius 3 is 2.17 bits per heavy atom. The fourth-order valence-electron chi connectivity index (χ4n) is 6.17. The minimum atomic E-state index is -0.637. The zero-order valence-electron chi connectivity index (χ0n) is 26.9. The van der Waals surface area contributed by atoms with E-state index in [4.69, 9.17) is 11.6 Å². The number of carbonyl (C=O) groups excluding carboxylic acids is 3. The van der Waals surface area contributed by atoms with Crippen LogP contribution in [-0.4, -0.2) is 96.4 Å². The van der Waals surface area contributed by atoms with Crippen molar-refractivity contribution in [3.05, 3.63) is 40.9 Å². The van der Waals surface area contributed by atoms with E-state index in [1.807, 2.05) is 56.0 Å². The van der Waals surface area contributed by atoms with Crippen LogP contribution >= 0.6 is 11.6 Å². The van der Waals surface area contributed by atoms with Gasteiger partial charge in [0.05, 0.1) is 22.8 Å². The maximum Gasteiger partial charge on any atom is 0.249 e. The van der Waals surface area contributed by atoms with Gasteiger partial charge in [-0.2, -0.15) is 0 Å². The first-order valence-electron chi connectivity index (χ1n) is 15.6. The summed E-state index contributed by atoms with van der Waals surface area (Å²) < 4.78 is 0. The Morgan fingerprint density at radius 1 is 0.952 bits per heavy atom. The minimum Gasteiger partial charge on any atom is -0.367 e. The van der Waals surface area contributed by atoms with E-state index in [9.17, 15) is 14.4 Å². The number of anilines is 1. The number of likely N-dealkylation sites (N-methyl/N-ethyl adjacent to an activating group) is 1. The van der Waals surface area contributed by atoms with Gasteiger partial charge in [-0.25, -0.2) is 0 Å². The van der Waals surface area contributed by atoms with Gasteiger partial charge in [-0.05, 0) is 64.1 Å². The third kappa shape index (κ3) is 8.28. The molecule has 0 radical (unpaired) electrons. The van der Waals surface area contributed by atoms with Crippen LogP contribution in [0.4, 0.5) is 5.69 Å². The molecule has 8 nitrogen and oxygen atoms in total. The highest BCUT2D eigenvalue weighted by molar-refractivity contribution is 6.33. The lowest BCUT2D eigenvalue weighted by molar-refractivity contribution is -0.140. The molecule has 1 aromatic carbocycles. The summed E-state index contributed by atoms with van der Waals surface area (Å²) in [4.78, 5) is 48.8. The van der Waals surface area contributed by atoms with Crippen molar-refractivity contribution in [2.24, 2.45) is 11.8 Å². The van der Waals surface area contributed by atoms with Gasteiger partial charge in [0.2, 0.25) is 17.7 Å². The molecule has 0 aromatic heterocycles. The normalized spacial score (nSPS) is 20.2. The molecule has 9 heteroatoms. The van der Waals surface area contributed by atoms with Crippen molar-refractivity contribution in [1.29, 1.82) is 0 Å². The van der Waals surface area contributed by atoms with Crippen LogP contribution in [-0.2, 0) is 14.4 Å². The van der Waals surface area contributed by atoms with E-state index in [0.717, 1.165) is 31.5 Å². The summed E-state index contributed by atoms with van der Waals surface area (Å²) in [7, 11) is 1.78. The van der Waals surface area contributed by atoms with Crippen LogP contribution in [0.1, 0.15) is 67.7 Å². The molecular formula is C33H52ClN5O3. The molecule has 1 N–H and O–H groups in total. The Balaban J connectivity index is 1.68. The number of nitrogens with zero attached hydrogens (tertiary/aromatic N) is 4. The monoisotopic (exact) mass is 601 g/mol. The van der Waals surface area contributed by atoms with Gasteiger partial charge in [-0.1, -0.05) is 63.9 Å². The molecule has 2 saturated heterocycles. The van der Waals surface area contributed by atoms with Crippen LogP contribution in [0.25, 0.3) is 0 Å². The predicted octanol–water partition coefficient (Wildman–Crippen LogP) is 4.82. The molecule has 0 spiro atoms. The molecule has 0 bridgehead atoms. The minimum absolute atomic E-state index is 0.0138. The molecule has 1 unspecified atom stereocenters. The molecule has 234 valence electrons. The molecule has 3 rings (SSSR count). The Labute approximate surface area is 258 Å². The number of amides is 3. The van der Waals surface area contributed by atoms with Gasteiger partial charge in [-0.3, -0.25) is 19.3 Å². The number of para-hydroxylation sites is 1. The number of halogens is 1. The van der Waals surface area contributed by atoms with Gasteiger partial charge in [0.15, 0.2) is 0 Å². The second kappa shape index (κ2) is 15.2. The maximum absolute atomic E-state index is 13.9. The van der Waals surface area contributed by atoms with Crippen molar-refractivity contribution in [3.8, 4) is 0 Å². The lowest BCUT2D eigenvalue weighted by atomic mass is 9.95. The van der Waals surface area contributed by atoms with Gasteiger partial charge in [0.25, 0.3) is 0 Å². The number of piperazine rings is 1. The summed E-state index contributed by atoms with van der Waals surface area (Å²) in [6.07, 6.45) is 4.84. The number of piperidine rings is 1. The molecule has 2 fully saturated rings. The lowest BCUT2D eigenvalue weighted by Gasteiger charge is -2.39. The number of carbonyl (C=O) groups is 3. The third-order valence-corrected chi connectivity index (χ3v) is 9.06. The first kappa shape index (κ1) is 33.9. The van der Waals surface area contributed by atoms with Gasteiger partial charge in [0, 0.05) is 44.8 Å². The van der Waals surface area contributed by atoms with Gasteiger partial charge >= 0.3 is 0 Å². The van der Waals surface area contributed by atoms with E-state index in [-0.39, 0.29) is 47.7 Å². The summed E-state index contributed by atoms with van der Waals surface area (Å²) in [5.74, 6) is -0.206. The Morgan fingerprint density at radius 2 is 1.60 bits per heavy atom. The summed E-state index contributed by atoms with van der Waals surface area (Å²) in [5, 5.41) is 3.83. The van der Waals surface area contributed by atoms with E-state index in [2.05, 4.69) is 42.8 Å². The summed E-state index contributed by atoms with van der Waals surface area (Å²) in [6, 6.07) is 6.92. The van der Waals surface area contributed by atoms with Crippen LogP contribution in [0.2, 0.25) is 5.02 Å². The van der Waals surface area contributed by atoms with Crippen LogP contribution in [0.5, 0.6) is 0 Å². The zero-order chi connectivity index (χ0) is 31.1. The molecule has 3 atom stereocenters. The topological polar surface area (TPSA) is 76.2 Å². The average Bonchev–Trinajstić information content (AvgIpc) is 2.97. The number of nitrogens with one attached hydrogen (secondary N) is 1. The fourth-order valence-corrected chi connectivity index (χ4v) is 6.43. The number of hydrogen-bond acceptors (Lipinski definition) is 5. The fraction of sp³-hybridized carbons (Fsp3) is 0.667.